The molecule has 1 saturated carbocycles. The number of amidine groups is 1. The zero-order valence-corrected chi connectivity index (χ0v) is 13.5. The molecule has 3 N–H and O–H groups in total. The molecule has 114 valence electrons. The Morgan fingerprint density at radius 2 is 1.95 bits per heavy atom. The maximum absolute atomic E-state index is 11.5. The molecule has 21 heavy (non-hydrogen) atoms. The summed E-state index contributed by atoms with van der Waals surface area (Å²) in [6.45, 7) is 4.00. The Morgan fingerprint density at radius 3 is 2.67 bits per heavy atom. The van der Waals surface area contributed by atoms with Crippen molar-refractivity contribution in [3.8, 4) is 0 Å². The Hall–Kier alpha value is -1.62. The molecule has 1 unspecified atom stereocenters. The summed E-state index contributed by atoms with van der Waals surface area (Å²) in [4.78, 5) is 0. The fraction of sp³-hybridized carbons (Fsp3) is 0.438. The standard InChI is InChI=1S/C14H17N3OS.C2H6/c15-14-13-11(9-10-5-2-1-3-6-10)7-4-8-12(13)16-19(18)17-14;1-2/h4,7-9,16H,1-3,5-6H2,(H2,15,17);1-2H3. The highest BCUT2D eigenvalue weighted by Crippen LogP contribution is 2.29. The summed E-state index contributed by atoms with van der Waals surface area (Å²) >= 11 is -1.45. The lowest BCUT2D eigenvalue weighted by Gasteiger charge is -2.18. The van der Waals surface area contributed by atoms with E-state index in [1.807, 2.05) is 32.0 Å². The van der Waals surface area contributed by atoms with E-state index >= 15 is 0 Å². The molecule has 3 rings (SSSR count). The average Bonchev–Trinajstić information content (AvgIpc) is 2.50. The third-order valence-corrected chi connectivity index (χ3v) is 4.34. The van der Waals surface area contributed by atoms with Gasteiger partial charge in [0.05, 0.1) is 5.69 Å². The van der Waals surface area contributed by atoms with Crippen LogP contribution >= 0.6 is 0 Å². The molecule has 1 aliphatic carbocycles. The minimum absolute atomic E-state index is 0.357. The minimum atomic E-state index is -1.45. The zero-order chi connectivity index (χ0) is 15.2. The number of hydrogen-bond donors (Lipinski definition) is 2. The summed E-state index contributed by atoms with van der Waals surface area (Å²) in [6.07, 6.45) is 8.42. The Labute approximate surface area is 129 Å². The van der Waals surface area contributed by atoms with Crippen molar-refractivity contribution in [1.29, 1.82) is 0 Å². The van der Waals surface area contributed by atoms with Crippen molar-refractivity contribution in [3.63, 3.8) is 0 Å². The van der Waals surface area contributed by atoms with Gasteiger partial charge in [-0.3, -0.25) is 4.72 Å². The first-order valence-electron chi connectivity index (χ1n) is 7.59. The number of hydrogen-bond acceptors (Lipinski definition) is 2. The van der Waals surface area contributed by atoms with E-state index in [1.54, 1.807) is 0 Å². The second-order valence-electron chi connectivity index (χ2n) is 4.96. The summed E-state index contributed by atoms with van der Waals surface area (Å²) in [5, 5.41) is 0. The van der Waals surface area contributed by atoms with Gasteiger partial charge in [0.15, 0.2) is 0 Å². The van der Waals surface area contributed by atoms with E-state index in [0.29, 0.717) is 5.84 Å². The van der Waals surface area contributed by atoms with Gasteiger partial charge in [0.2, 0.25) is 11.2 Å². The van der Waals surface area contributed by atoms with E-state index in [2.05, 4.69) is 15.2 Å². The normalized spacial score (nSPS) is 20.4. The third-order valence-electron chi connectivity index (χ3n) is 3.59. The number of benzene rings is 1. The predicted molar refractivity (Wildman–Crippen MR) is 91.3 cm³/mol. The number of nitrogens with zero attached hydrogens (tertiary/aromatic N) is 1. The fourth-order valence-corrected chi connectivity index (χ4v) is 3.36. The molecule has 1 atom stereocenters. The van der Waals surface area contributed by atoms with Crippen molar-refractivity contribution in [2.45, 2.75) is 46.0 Å². The van der Waals surface area contributed by atoms with E-state index in [9.17, 15) is 4.21 Å². The van der Waals surface area contributed by atoms with Crippen molar-refractivity contribution < 1.29 is 4.21 Å². The molecule has 0 spiro atoms. The lowest BCUT2D eigenvalue weighted by Crippen LogP contribution is -2.24. The summed E-state index contributed by atoms with van der Waals surface area (Å²) in [5.41, 5.74) is 10.1. The molecule has 1 aromatic carbocycles. The van der Waals surface area contributed by atoms with Gasteiger partial charge in [-0.15, -0.1) is 0 Å². The van der Waals surface area contributed by atoms with E-state index in [0.717, 1.165) is 16.8 Å². The van der Waals surface area contributed by atoms with Crippen LogP contribution in [0.3, 0.4) is 0 Å². The average molecular weight is 305 g/mol. The molecule has 4 nitrogen and oxygen atoms in total. The van der Waals surface area contributed by atoms with Crippen molar-refractivity contribution >= 4 is 28.8 Å². The first kappa shape index (κ1) is 15.8. The first-order valence-corrected chi connectivity index (χ1v) is 8.70. The summed E-state index contributed by atoms with van der Waals surface area (Å²) < 4.78 is 18.2. The molecule has 2 aliphatic rings. The van der Waals surface area contributed by atoms with Crippen molar-refractivity contribution in [1.82, 2.24) is 0 Å². The number of allylic oxidation sites excluding steroid dienone is 1. The van der Waals surface area contributed by atoms with Crippen LogP contribution in [0, 0.1) is 0 Å². The van der Waals surface area contributed by atoms with Crippen LogP contribution in [0.4, 0.5) is 5.69 Å². The maximum Gasteiger partial charge on any atom is 0.244 e. The van der Waals surface area contributed by atoms with Crippen LogP contribution in [0.2, 0.25) is 0 Å². The van der Waals surface area contributed by atoms with E-state index < -0.39 is 11.2 Å². The number of rotatable bonds is 1. The highest BCUT2D eigenvalue weighted by Gasteiger charge is 2.18. The molecule has 0 bridgehead atoms. The molecular formula is C16H23N3OS. The van der Waals surface area contributed by atoms with Crippen LogP contribution < -0.4 is 10.5 Å². The van der Waals surface area contributed by atoms with Crippen molar-refractivity contribution in [3.05, 3.63) is 34.9 Å². The Kier molecular flexibility index (Phi) is 5.56. The van der Waals surface area contributed by atoms with Crippen LogP contribution in [0.1, 0.15) is 57.1 Å². The molecule has 1 aliphatic heterocycles. The predicted octanol–water partition coefficient (Wildman–Crippen LogP) is 3.77. The molecule has 1 aromatic rings. The van der Waals surface area contributed by atoms with Gasteiger partial charge in [-0.05, 0) is 37.3 Å². The Bertz CT molecular complexity index is 585. The third kappa shape index (κ3) is 3.73. The summed E-state index contributed by atoms with van der Waals surface area (Å²) in [5.74, 6) is 0.357. The SMILES string of the molecule is CC.NC1=NS(=O)Nc2cccc(C=C3CCCCC3)c21. The highest BCUT2D eigenvalue weighted by atomic mass is 32.2. The monoisotopic (exact) mass is 305 g/mol. The molecule has 1 heterocycles. The summed E-state index contributed by atoms with van der Waals surface area (Å²) in [6, 6.07) is 5.88. The zero-order valence-electron chi connectivity index (χ0n) is 12.7. The van der Waals surface area contributed by atoms with Gasteiger partial charge in [-0.1, -0.05) is 44.1 Å². The smallest absolute Gasteiger partial charge is 0.244 e. The lowest BCUT2D eigenvalue weighted by atomic mass is 9.92. The van der Waals surface area contributed by atoms with Crippen LogP contribution in [-0.4, -0.2) is 10.0 Å². The van der Waals surface area contributed by atoms with Gasteiger partial charge in [0.25, 0.3) is 0 Å². The number of fused-ring (bicyclic) bond motifs is 1. The van der Waals surface area contributed by atoms with E-state index in [-0.39, 0.29) is 0 Å². The molecule has 0 amide bonds. The Balaban J connectivity index is 0.000000774. The van der Waals surface area contributed by atoms with Gasteiger partial charge < -0.3 is 5.73 Å². The second-order valence-corrected chi connectivity index (χ2v) is 5.85. The van der Waals surface area contributed by atoms with Gasteiger partial charge >= 0.3 is 0 Å². The lowest BCUT2D eigenvalue weighted by molar-refractivity contribution is 0.602. The number of anilines is 1. The molecule has 1 fully saturated rings. The van der Waals surface area contributed by atoms with Crippen LogP contribution in [0.15, 0.2) is 28.2 Å². The second kappa shape index (κ2) is 7.41. The topological polar surface area (TPSA) is 67.5 Å². The largest absolute Gasteiger partial charge is 0.382 e. The first-order chi connectivity index (χ1) is 10.2. The molecular weight excluding hydrogens is 282 g/mol. The van der Waals surface area contributed by atoms with Gasteiger partial charge in [-0.25, -0.2) is 4.21 Å². The molecule has 0 radical (unpaired) electrons. The highest BCUT2D eigenvalue weighted by molar-refractivity contribution is 7.85. The van der Waals surface area contributed by atoms with Gasteiger partial charge in [-0.2, -0.15) is 4.40 Å². The maximum atomic E-state index is 11.5. The van der Waals surface area contributed by atoms with E-state index in [4.69, 9.17) is 5.73 Å². The van der Waals surface area contributed by atoms with Crippen LogP contribution in [-0.2, 0) is 11.2 Å². The molecule has 0 saturated heterocycles. The molecule has 5 heteroatoms. The van der Waals surface area contributed by atoms with E-state index in [1.165, 1.54) is 37.7 Å². The van der Waals surface area contributed by atoms with Gasteiger partial charge in [0, 0.05) is 5.56 Å². The van der Waals surface area contributed by atoms with Crippen molar-refractivity contribution in [2.24, 2.45) is 10.1 Å². The number of nitrogens with one attached hydrogen (secondary N) is 1. The minimum Gasteiger partial charge on any atom is -0.382 e. The Morgan fingerprint density at radius 1 is 1.24 bits per heavy atom. The quantitative estimate of drug-likeness (QED) is 0.829. The summed E-state index contributed by atoms with van der Waals surface area (Å²) in [7, 11) is 0. The molecule has 0 aromatic heterocycles. The number of nitrogens with two attached hydrogens (primary N) is 1. The van der Waals surface area contributed by atoms with Crippen LogP contribution in [0.5, 0.6) is 0 Å². The van der Waals surface area contributed by atoms with Crippen molar-refractivity contribution in [2.75, 3.05) is 4.72 Å². The fourth-order valence-electron chi connectivity index (χ4n) is 2.68. The van der Waals surface area contributed by atoms with Crippen LogP contribution in [0.25, 0.3) is 6.08 Å². The van der Waals surface area contributed by atoms with Gasteiger partial charge in [0.1, 0.15) is 5.84 Å².